The lowest BCUT2D eigenvalue weighted by atomic mass is 9.99. The average molecular weight is 763 g/mol. The highest BCUT2D eigenvalue weighted by Gasteiger charge is 2.26. The van der Waals surface area contributed by atoms with Gasteiger partial charge in [0.2, 0.25) is 0 Å². The Kier molecular flexibility index (Phi) is 15.8. The quantitative estimate of drug-likeness (QED) is 0.0637. The van der Waals surface area contributed by atoms with Gasteiger partial charge < -0.3 is 14.2 Å². The lowest BCUT2D eigenvalue weighted by Crippen LogP contribution is -2.16. The maximum Gasteiger partial charge on any atom is 0.127 e. The van der Waals surface area contributed by atoms with Gasteiger partial charge in [-0.3, -0.25) is 19.9 Å². The van der Waals surface area contributed by atoms with Crippen LogP contribution in [-0.2, 0) is 17.6 Å². The summed E-state index contributed by atoms with van der Waals surface area (Å²) in [4.78, 5) is 19.8. The van der Waals surface area contributed by atoms with Crippen molar-refractivity contribution in [3.05, 3.63) is 155 Å². The predicted octanol–water partition coefficient (Wildman–Crippen LogP) is 12.5. The second-order valence-electron chi connectivity index (χ2n) is 14.6. The molecule has 0 N–H and O–H groups in total. The third-order valence-electron chi connectivity index (χ3n) is 10.3. The first-order chi connectivity index (χ1) is 28.1. The summed E-state index contributed by atoms with van der Waals surface area (Å²) in [5, 5.41) is 0. The molecule has 0 aliphatic rings. The molecule has 2 aromatic heterocycles. The van der Waals surface area contributed by atoms with Gasteiger partial charge in [-0.1, -0.05) is 101 Å². The fraction of sp³-hybridized carbons (Fsp3) is 0.360. The lowest BCUT2D eigenvalue weighted by molar-refractivity contribution is 0.0258. The molecule has 2 unspecified atom stereocenters. The van der Waals surface area contributed by atoms with Crippen LogP contribution >= 0.6 is 0 Å². The largest absolute Gasteiger partial charge is 0.494 e. The molecule has 296 valence electrons. The standard InChI is InChI=1S/C50H58N4O3/c1-5-9-11-13-15-37-17-21-41(22-18-37)49(47-35-51-45(33-53-47)39-25-29-43(30-26-39)55-7-3)57-50(42-23-19-38(20-24-42)16-14-12-10-6-2)48-36-52-46(34-54-48)40-27-31-44(32-28-40)56-8-4/h17-36,49-50H,5-16H2,1-4H3. The van der Waals surface area contributed by atoms with Crippen LogP contribution in [0.15, 0.2) is 122 Å². The van der Waals surface area contributed by atoms with Crippen LogP contribution < -0.4 is 9.47 Å². The summed E-state index contributed by atoms with van der Waals surface area (Å²) in [5.41, 5.74) is 9.61. The molecule has 0 aliphatic heterocycles. The monoisotopic (exact) mass is 762 g/mol. The lowest BCUT2D eigenvalue weighted by Gasteiger charge is -2.25. The van der Waals surface area contributed by atoms with E-state index in [1.165, 1.54) is 62.5 Å². The van der Waals surface area contributed by atoms with Crippen molar-refractivity contribution in [2.75, 3.05) is 13.2 Å². The van der Waals surface area contributed by atoms with Crippen molar-refractivity contribution in [2.24, 2.45) is 0 Å². The molecule has 0 aliphatic carbocycles. The van der Waals surface area contributed by atoms with Gasteiger partial charge in [0.15, 0.2) is 0 Å². The van der Waals surface area contributed by atoms with Crippen molar-refractivity contribution < 1.29 is 14.2 Å². The number of aromatic nitrogens is 4. The number of unbranched alkanes of at least 4 members (excludes halogenated alkanes) is 6. The van der Waals surface area contributed by atoms with Gasteiger partial charge in [0.05, 0.1) is 60.8 Å². The van der Waals surface area contributed by atoms with Crippen molar-refractivity contribution in [3.63, 3.8) is 0 Å². The second kappa shape index (κ2) is 21.8. The highest BCUT2D eigenvalue weighted by atomic mass is 16.5. The van der Waals surface area contributed by atoms with Crippen molar-refractivity contribution in [1.82, 2.24) is 19.9 Å². The van der Waals surface area contributed by atoms with Crippen molar-refractivity contribution in [3.8, 4) is 34.0 Å². The van der Waals surface area contributed by atoms with E-state index in [1.807, 2.05) is 87.2 Å². The Morgan fingerprint density at radius 1 is 0.421 bits per heavy atom. The number of nitrogens with zero attached hydrogens (tertiary/aromatic N) is 4. The SMILES string of the molecule is CCCCCCc1ccc(C(OC(c2ccc(CCCCCC)cc2)c2cnc(-c3ccc(OCC)cc3)cn2)c2cnc(-c3ccc(OCC)cc3)cn2)cc1. The maximum atomic E-state index is 7.24. The molecule has 0 bridgehead atoms. The van der Waals surface area contributed by atoms with Crippen LogP contribution in [0.3, 0.4) is 0 Å². The summed E-state index contributed by atoms with van der Waals surface area (Å²) in [6.07, 6.45) is 18.3. The Hall–Kier alpha value is -5.40. The summed E-state index contributed by atoms with van der Waals surface area (Å²) >= 11 is 0. The number of ether oxygens (including phenoxy) is 3. The zero-order chi connectivity index (χ0) is 39.7. The number of rotatable bonds is 22. The molecule has 0 saturated heterocycles. The van der Waals surface area contributed by atoms with Crippen LogP contribution in [0.5, 0.6) is 11.5 Å². The van der Waals surface area contributed by atoms with Gasteiger partial charge in [-0.2, -0.15) is 0 Å². The zero-order valence-electron chi connectivity index (χ0n) is 34.2. The maximum absolute atomic E-state index is 7.24. The van der Waals surface area contributed by atoms with E-state index in [0.29, 0.717) is 13.2 Å². The van der Waals surface area contributed by atoms with Crippen LogP contribution in [-0.4, -0.2) is 33.1 Å². The Bertz CT molecular complexity index is 1880. The smallest absolute Gasteiger partial charge is 0.127 e. The molecular weight excluding hydrogens is 705 g/mol. The summed E-state index contributed by atoms with van der Waals surface area (Å²) in [7, 11) is 0. The molecule has 0 spiro atoms. The van der Waals surface area contributed by atoms with Gasteiger partial charge in [-0.05, 0) is 110 Å². The van der Waals surface area contributed by atoms with Gasteiger partial charge in [0, 0.05) is 11.1 Å². The van der Waals surface area contributed by atoms with E-state index in [2.05, 4.69) is 62.4 Å². The first kappa shape index (κ1) is 41.2. The Labute approximate surface area is 340 Å². The minimum absolute atomic E-state index is 0.521. The molecule has 0 saturated carbocycles. The van der Waals surface area contributed by atoms with Gasteiger partial charge in [0.1, 0.15) is 23.7 Å². The van der Waals surface area contributed by atoms with Crippen LogP contribution in [0.2, 0.25) is 0 Å². The molecule has 0 amide bonds. The average Bonchev–Trinajstić information content (AvgIpc) is 3.26. The third kappa shape index (κ3) is 11.8. The molecule has 0 radical (unpaired) electrons. The molecule has 57 heavy (non-hydrogen) atoms. The van der Waals surface area contributed by atoms with E-state index >= 15 is 0 Å². The minimum Gasteiger partial charge on any atom is -0.494 e. The number of aryl methyl sites for hydroxylation is 2. The summed E-state index contributed by atoms with van der Waals surface area (Å²) in [5.74, 6) is 1.67. The van der Waals surface area contributed by atoms with E-state index in [1.54, 1.807) is 0 Å². The molecule has 2 heterocycles. The summed E-state index contributed by atoms with van der Waals surface area (Å²) in [6, 6.07) is 33.6. The second-order valence-corrected chi connectivity index (χ2v) is 14.6. The fourth-order valence-corrected chi connectivity index (χ4v) is 7.03. The van der Waals surface area contributed by atoms with Crippen molar-refractivity contribution >= 4 is 0 Å². The third-order valence-corrected chi connectivity index (χ3v) is 10.3. The van der Waals surface area contributed by atoms with Gasteiger partial charge in [-0.15, -0.1) is 0 Å². The van der Waals surface area contributed by atoms with E-state index in [-0.39, 0.29) is 0 Å². The molecule has 7 heteroatoms. The predicted molar refractivity (Wildman–Crippen MR) is 231 cm³/mol. The highest BCUT2D eigenvalue weighted by Crippen LogP contribution is 2.36. The number of hydrogen-bond donors (Lipinski definition) is 0. The van der Waals surface area contributed by atoms with Crippen LogP contribution in [0.1, 0.15) is 125 Å². The highest BCUT2D eigenvalue weighted by molar-refractivity contribution is 5.60. The Morgan fingerprint density at radius 2 is 0.825 bits per heavy atom. The van der Waals surface area contributed by atoms with Gasteiger partial charge >= 0.3 is 0 Å². The minimum atomic E-state index is -0.521. The van der Waals surface area contributed by atoms with Gasteiger partial charge in [0.25, 0.3) is 0 Å². The van der Waals surface area contributed by atoms with E-state index in [9.17, 15) is 0 Å². The van der Waals surface area contributed by atoms with E-state index in [0.717, 1.165) is 69.4 Å². The van der Waals surface area contributed by atoms with E-state index in [4.69, 9.17) is 34.1 Å². The van der Waals surface area contributed by atoms with Crippen LogP contribution in [0, 0.1) is 0 Å². The van der Waals surface area contributed by atoms with Crippen molar-refractivity contribution in [2.45, 2.75) is 104 Å². The molecule has 6 rings (SSSR count). The fourth-order valence-electron chi connectivity index (χ4n) is 7.03. The normalized spacial score (nSPS) is 12.3. The molecule has 7 nitrogen and oxygen atoms in total. The topological polar surface area (TPSA) is 79.2 Å². The Morgan fingerprint density at radius 3 is 1.16 bits per heavy atom. The summed E-state index contributed by atoms with van der Waals surface area (Å²) in [6.45, 7) is 9.71. The molecular formula is C50H58N4O3. The molecule has 0 fully saturated rings. The zero-order valence-corrected chi connectivity index (χ0v) is 34.2. The molecule has 4 aromatic carbocycles. The van der Waals surface area contributed by atoms with Gasteiger partial charge in [-0.25, -0.2) is 0 Å². The number of hydrogen-bond acceptors (Lipinski definition) is 7. The molecule has 6 aromatic rings. The first-order valence-electron chi connectivity index (χ1n) is 21.0. The van der Waals surface area contributed by atoms with E-state index < -0.39 is 12.2 Å². The van der Waals surface area contributed by atoms with Crippen molar-refractivity contribution in [1.29, 1.82) is 0 Å². The summed E-state index contributed by atoms with van der Waals surface area (Å²) < 4.78 is 18.5. The Balaban J connectivity index is 1.34. The van der Waals surface area contributed by atoms with Crippen LogP contribution in [0.4, 0.5) is 0 Å². The first-order valence-corrected chi connectivity index (χ1v) is 21.0. The van der Waals surface area contributed by atoms with Crippen LogP contribution in [0.25, 0.3) is 22.5 Å². The number of benzene rings is 4. The molecule has 2 atom stereocenters.